The van der Waals surface area contributed by atoms with Crippen molar-refractivity contribution >= 4 is 23.0 Å². The topological polar surface area (TPSA) is 70.0 Å². The molecule has 0 spiro atoms. The summed E-state index contributed by atoms with van der Waals surface area (Å²) in [6, 6.07) is 11.9. The van der Waals surface area contributed by atoms with Gasteiger partial charge in [0.2, 0.25) is 0 Å². The number of aromatic nitrogens is 1. The zero-order valence-corrected chi connectivity index (χ0v) is 22.1. The third-order valence-corrected chi connectivity index (χ3v) is 6.73. The first-order valence-electron chi connectivity index (χ1n) is 12.5. The molecule has 36 heavy (non-hydrogen) atoms. The molecular formula is C29H36N2O5. The Kier molecular flexibility index (Phi) is 7.41. The van der Waals surface area contributed by atoms with Crippen molar-refractivity contribution < 1.29 is 23.8 Å². The largest absolute Gasteiger partial charge is 0.496 e. The van der Waals surface area contributed by atoms with Crippen LogP contribution in [-0.2, 0) is 16.0 Å². The van der Waals surface area contributed by atoms with Crippen molar-refractivity contribution in [3.05, 3.63) is 64.8 Å². The zero-order valence-electron chi connectivity index (χ0n) is 22.1. The number of ether oxygens (including phenoxy) is 3. The van der Waals surface area contributed by atoms with Crippen LogP contribution in [0, 0.1) is 6.92 Å². The van der Waals surface area contributed by atoms with Gasteiger partial charge in [-0.3, -0.25) is 9.47 Å². The van der Waals surface area contributed by atoms with Gasteiger partial charge in [0.1, 0.15) is 11.4 Å². The van der Waals surface area contributed by atoms with Crippen molar-refractivity contribution in [3.63, 3.8) is 0 Å². The van der Waals surface area contributed by atoms with E-state index in [1.54, 1.807) is 17.9 Å². The molecule has 1 aromatic heterocycles. The van der Waals surface area contributed by atoms with E-state index in [4.69, 9.17) is 14.2 Å². The Morgan fingerprint density at radius 1 is 1.06 bits per heavy atom. The Hall–Kier alpha value is -3.32. The predicted molar refractivity (Wildman–Crippen MR) is 140 cm³/mol. The number of fused-ring (bicyclic) bond motifs is 1. The Bertz CT molecular complexity index is 1250. The van der Waals surface area contributed by atoms with Crippen LogP contribution in [-0.4, -0.2) is 47.9 Å². The van der Waals surface area contributed by atoms with Gasteiger partial charge in [0, 0.05) is 29.7 Å². The SMILES string of the molecule is COC(=O)c1ccc([C@@H]2CCCCN2Cc2c(OC)cc(C)c3c2ccn3C(=O)OC(C)(C)C)cc1. The summed E-state index contributed by atoms with van der Waals surface area (Å²) in [7, 11) is 3.08. The highest BCUT2D eigenvalue weighted by Crippen LogP contribution is 2.38. The lowest BCUT2D eigenvalue weighted by Gasteiger charge is -2.36. The van der Waals surface area contributed by atoms with Crippen molar-refractivity contribution in [2.75, 3.05) is 20.8 Å². The minimum absolute atomic E-state index is 0.222. The molecule has 0 unspecified atom stereocenters. The van der Waals surface area contributed by atoms with Crippen LogP contribution in [0.3, 0.4) is 0 Å². The van der Waals surface area contributed by atoms with E-state index in [9.17, 15) is 9.59 Å². The minimum atomic E-state index is -0.582. The number of aryl methyl sites for hydroxylation is 1. The summed E-state index contributed by atoms with van der Waals surface area (Å²) in [4.78, 5) is 27.3. The first-order valence-corrected chi connectivity index (χ1v) is 12.5. The van der Waals surface area contributed by atoms with Crippen molar-refractivity contribution in [2.24, 2.45) is 0 Å². The summed E-state index contributed by atoms with van der Waals surface area (Å²) in [6.07, 6.45) is 4.70. The molecule has 1 aliphatic rings. The maximum absolute atomic E-state index is 12.9. The molecule has 4 rings (SSSR count). The maximum atomic E-state index is 12.9. The molecule has 0 aliphatic carbocycles. The van der Waals surface area contributed by atoms with Gasteiger partial charge in [-0.2, -0.15) is 0 Å². The standard InChI is InChI=1S/C29H36N2O5/c1-19-17-25(34-5)23(22-14-16-31(26(19)22)28(33)36-29(2,3)4)18-30-15-8-7-9-24(30)20-10-12-21(13-11-20)27(32)35-6/h10-14,16-17,24H,7-9,15,18H2,1-6H3/t24-/m0/s1. The second-order valence-corrected chi connectivity index (χ2v) is 10.4. The van der Waals surface area contributed by atoms with Gasteiger partial charge in [-0.05, 0) is 82.5 Å². The second kappa shape index (κ2) is 10.3. The first kappa shape index (κ1) is 25.8. The van der Waals surface area contributed by atoms with Crippen molar-refractivity contribution in [2.45, 2.75) is 65.1 Å². The van der Waals surface area contributed by atoms with Gasteiger partial charge in [0.05, 0.1) is 25.3 Å². The lowest BCUT2D eigenvalue weighted by Crippen LogP contribution is -2.33. The van der Waals surface area contributed by atoms with Crippen LogP contribution in [0.25, 0.3) is 10.9 Å². The Labute approximate surface area is 212 Å². The highest BCUT2D eigenvalue weighted by molar-refractivity contribution is 5.95. The van der Waals surface area contributed by atoms with Gasteiger partial charge in [-0.15, -0.1) is 0 Å². The molecule has 192 valence electrons. The fourth-order valence-corrected chi connectivity index (χ4v) is 5.09. The number of hydrogen-bond acceptors (Lipinski definition) is 6. The van der Waals surface area contributed by atoms with Crippen LogP contribution in [0.5, 0.6) is 5.75 Å². The number of piperidine rings is 1. The van der Waals surface area contributed by atoms with Crippen molar-refractivity contribution in [1.29, 1.82) is 0 Å². The summed E-state index contributed by atoms with van der Waals surface area (Å²) in [6.45, 7) is 9.23. The number of hydrogen-bond donors (Lipinski definition) is 0. The number of esters is 1. The van der Waals surface area contributed by atoms with Gasteiger partial charge in [0.15, 0.2) is 0 Å². The van der Waals surface area contributed by atoms with Crippen LogP contribution in [0.15, 0.2) is 42.6 Å². The molecule has 7 nitrogen and oxygen atoms in total. The first-order chi connectivity index (χ1) is 17.1. The van der Waals surface area contributed by atoms with E-state index in [1.165, 1.54) is 12.7 Å². The quantitative estimate of drug-likeness (QED) is 0.392. The molecule has 0 amide bonds. The number of carbonyl (C=O) groups is 2. The summed E-state index contributed by atoms with van der Waals surface area (Å²) >= 11 is 0. The summed E-state index contributed by atoms with van der Waals surface area (Å²) in [5.41, 5.74) is 4.00. The van der Waals surface area contributed by atoms with Gasteiger partial charge in [0.25, 0.3) is 0 Å². The number of methoxy groups -OCH3 is 2. The van der Waals surface area contributed by atoms with E-state index in [-0.39, 0.29) is 12.0 Å². The number of carbonyl (C=O) groups excluding carboxylic acids is 2. The molecule has 1 atom stereocenters. The second-order valence-electron chi connectivity index (χ2n) is 10.4. The Morgan fingerprint density at radius 2 is 1.78 bits per heavy atom. The van der Waals surface area contributed by atoms with E-state index in [2.05, 4.69) is 4.90 Å². The molecule has 0 bridgehead atoms. The maximum Gasteiger partial charge on any atom is 0.419 e. The van der Waals surface area contributed by atoms with Crippen LogP contribution < -0.4 is 4.74 Å². The van der Waals surface area contributed by atoms with Gasteiger partial charge >= 0.3 is 12.1 Å². The normalized spacial score (nSPS) is 16.7. The van der Waals surface area contributed by atoms with Crippen LogP contribution in [0.1, 0.15) is 73.1 Å². The fraction of sp³-hybridized carbons (Fsp3) is 0.448. The van der Waals surface area contributed by atoms with E-state index >= 15 is 0 Å². The third-order valence-electron chi connectivity index (χ3n) is 6.73. The zero-order chi connectivity index (χ0) is 26.0. The predicted octanol–water partition coefficient (Wildman–Crippen LogP) is 6.26. The lowest BCUT2D eigenvalue weighted by molar-refractivity contribution is 0.0542. The molecule has 0 radical (unpaired) electrons. The summed E-state index contributed by atoms with van der Waals surface area (Å²) in [5, 5.41) is 0.989. The van der Waals surface area contributed by atoms with Crippen LogP contribution >= 0.6 is 0 Å². The summed E-state index contributed by atoms with van der Waals surface area (Å²) in [5.74, 6) is 0.482. The van der Waals surface area contributed by atoms with E-state index < -0.39 is 11.7 Å². The molecule has 2 aromatic carbocycles. The van der Waals surface area contributed by atoms with Crippen molar-refractivity contribution in [1.82, 2.24) is 9.47 Å². The minimum Gasteiger partial charge on any atom is -0.496 e. The fourth-order valence-electron chi connectivity index (χ4n) is 5.09. The van der Waals surface area contributed by atoms with Crippen LogP contribution in [0.2, 0.25) is 0 Å². The monoisotopic (exact) mass is 492 g/mol. The summed E-state index contributed by atoms with van der Waals surface area (Å²) < 4.78 is 17.9. The Balaban J connectivity index is 1.70. The van der Waals surface area contributed by atoms with Gasteiger partial charge < -0.3 is 14.2 Å². The molecule has 7 heteroatoms. The highest BCUT2D eigenvalue weighted by atomic mass is 16.6. The molecule has 2 heterocycles. The smallest absolute Gasteiger partial charge is 0.419 e. The molecule has 1 fully saturated rings. The van der Waals surface area contributed by atoms with E-state index in [0.717, 1.165) is 53.6 Å². The molecule has 0 saturated carbocycles. The highest BCUT2D eigenvalue weighted by Gasteiger charge is 2.28. The molecule has 3 aromatic rings. The van der Waals surface area contributed by atoms with E-state index in [1.807, 2.05) is 64.1 Å². The molecule has 0 N–H and O–H groups in total. The van der Waals surface area contributed by atoms with E-state index in [0.29, 0.717) is 12.1 Å². The Morgan fingerprint density at radius 3 is 2.42 bits per heavy atom. The molecule has 1 saturated heterocycles. The van der Waals surface area contributed by atoms with Crippen LogP contribution in [0.4, 0.5) is 4.79 Å². The lowest BCUT2D eigenvalue weighted by atomic mass is 9.93. The van der Waals surface area contributed by atoms with Crippen molar-refractivity contribution in [3.8, 4) is 5.75 Å². The van der Waals surface area contributed by atoms with Gasteiger partial charge in [-0.1, -0.05) is 18.6 Å². The third kappa shape index (κ3) is 5.26. The number of likely N-dealkylation sites (tertiary alicyclic amines) is 1. The molecule has 1 aliphatic heterocycles. The number of rotatable bonds is 5. The average Bonchev–Trinajstić information content (AvgIpc) is 3.31. The number of nitrogens with zero attached hydrogens (tertiary/aromatic N) is 2. The molecular weight excluding hydrogens is 456 g/mol. The average molecular weight is 493 g/mol. The number of benzene rings is 2. The van der Waals surface area contributed by atoms with Gasteiger partial charge in [-0.25, -0.2) is 9.59 Å².